The second-order valence-corrected chi connectivity index (χ2v) is 5.36. The lowest BCUT2D eigenvalue weighted by molar-refractivity contribution is -0.140. The zero-order valence-electron chi connectivity index (χ0n) is 13.5. The number of halogens is 7. The highest BCUT2D eigenvalue weighted by molar-refractivity contribution is 5.37. The van der Waals surface area contributed by atoms with Crippen LogP contribution in [-0.2, 0) is 19.0 Å². The second-order valence-electron chi connectivity index (χ2n) is 5.36. The van der Waals surface area contributed by atoms with Gasteiger partial charge in [0.25, 0.3) is 0 Å². The lowest BCUT2D eigenvalue weighted by Crippen LogP contribution is -2.09. The van der Waals surface area contributed by atoms with Gasteiger partial charge in [0.1, 0.15) is 18.1 Å². The summed E-state index contributed by atoms with van der Waals surface area (Å²) >= 11 is 0. The molecule has 3 rings (SSSR count). The topological polar surface area (TPSA) is 65.7 Å². The molecule has 148 valence electrons. The molecule has 0 saturated carbocycles. The predicted octanol–water partition coefficient (Wildman–Crippen LogP) is 3.81. The van der Waals surface area contributed by atoms with E-state index in [-0.39, 0.29) is 24.0 Å². The minimum Gasteiger partial charge on any atom is -0.457 e. The number of aromatic nitrogens is 5. The van der Waals surface area contributed by atoms with Crippen LogP contribution in [0.1, 0.15) is 16.8 Å². The third-order valence-corrected chi connectivity index (χ3v) is 3.37. The summed E-state index contributed by atoms with van der Waals surface area (Å²) < 4.78 is 94.9. The number of hydrogen-bond acceptors (Lipinski definition) is 5. The van der Waals surface area contributed by atoms with Gasteiger partial charge in [-0.2, -0.15) is 26.3 Å². The monoisotopic (exact) mass is 407 g/mol. The molecule has 0 aliphatic rings. The largest absolute Gasteiger partial charge is 0.457 e. The summed E-state index contributed by atoms with van der Waals surface area (Å²) in [6, 6.07) is 1.92. The smallest absolute Gasteiger partial charge is 0.419 e. The van der Waals surface area contributed by atoms with E-state index in [1.807, 2.05) is 0 Å². The molecule has 0 fully saturated rings. The highest BCUT2D eigenvalue weighted by atomic mass is 19.4. The first-order chi connectivity index (χ1) is 13.0. The van der Waals surface area contributed by atoms with Gasteiger partial charge in [-0.05, 0) is 18.2 Å². The third-order valence-electron chi connectivity index (χ3n) is 3.37. The van der Waals surface area contributed by atoms with Crippen molar-refractivity contribution in [1.82, 2.24) is 25.0 Å². The van der Waals surface area contributed by atoms with Gasteiger partial charge in [-0.25, -0.2) is 19.0 Å². The van der Waals surface area contributed by atoms with Crippen LogP contribution in [0.5, 0.6) is 6.01 Å². The molecule has 3 aromatic rings. The van der Waals surface area contributed by atoms with E-state index in [9.17, 15) is 30.7 Å². The van der Waals surface area contributed by atoms with Crippen LogP contribution in [0, 0.1) is 5.82 Å². The highest BCUT2D eigenvalue weighted by Crippen LogP contribution is 2.32. The van der Waals surface area contributed by atoms with E-state index in [1.54, 1.807) is 0 Å². The van der Waals surface area contributed by atoms with Crippen molar-refractivity contribution in [3.63, 3.8) is 0 Å². The summed E-state index contributed by atoms with van der Waals surface area (Å²) in [5.74, 6) is -1.43. The summed E-state index contributed by atoms with van der Waals surface area (Å²) in [7, 11) is 0. The SMILES string of the molecule is Fc1ccc(-n2cc(COc3ncc(C(F)(F)F)cn3)nn2)cc1C(F)(F)F. The Bertz CT molecular complexity index is 966. The molecule has 2 aromatic heterocycles. The summed E-state index contributed by atoms with van der Waals surface area (Å²) in [6.07, 6.45) is -7.19. The standard InChI is InChI=1S/C15H8F7N5O/c16-12-2-1-10(3-11(12)15(20,21)22)27-6-9(25-26-27)7-28-13-23-4-8(5-24-13)14(17,18)19/h1-6H,7H2. The van der Waals surface area contributed by atoms with Crippen LogP contribution in [0.2, 0.25) is 0 Å². The molecule has 2 heterocycles. The number of hydrogen-bond donors (Lipinski definition) is 0. The lowest BCUT2D eigenvalue weighted by Gasteiger charge is -2.09. The summed E-state index contributed by atoms with van der Waals surface area (Å²) in [5, 5.41) is 7.26. The Labute approximate surface area is 151 Å². The molecule has 0 aliphatic carbocycles. The highest BCUT2D eigenvalue weighted by Gasteiger charge is 2.34. The Morgan fingerprint density at radius 3 is 2.25 bits per heavy atom. The minimum atomic E-state index is -4.88. The van der Waals surface area contributed by atoms with E-state index < -0.39 is 29.3 Å². The molecule has 0 amide bonds. The van der Waals surface area contributed by atoms with E-state index in [0.29, 0.717) is 24.5 Å². The number of ether oxygens (including phenoxy) is 1. The van der Waals surface area contributed by atoms with Crippen molar-refractivity contribution >= 4 is 0 Å². The van der Waals surface area contributed by atoms with Gasteiger partial charge in [0.05, 0.1) is 23.0 Å². The van der Waals surface area contributed by atoms with Crippen molar-refractivity contribution in [1.29, 1.82) is 0 Å². The van der Waals surface area contributed by atoms with E-state index in [4.69, 9.17) is 4.74 Å². The number of alkyl halides is 6. The molecule has 0 atom stereocenters. The van der Waals surface area contributed by atoms with Crippen LogP contribution in [0.4, 0.5) is 30.7 Å². The molecule has 0 aliphatic heterocycles. The van der Waals surface area contributed by atoms with Gasteiger partial charge in [0.15, 0.2) is 0 Å². The molecule has 1 aromatic carbocycles. The van der Waals surface area contributed by atoms with Crippen LogP contribution >= 0.6 is 0 Å². The maximum absolute atomic E-state index is 13.3. The van der Waals surface area contributed by atoms with E-state index >= 15 is 0 Å². The molecule has 6 nitrogen and oxygen atoms in total. The molecule has 0 spiro atoms. The summed E-state index contributed by atoms with van der Waals surface area (Å²) in [4.78, 5) is 6.80. The fraction of sp³-hybridized carbons (Fsp3) is 0.200. The normalized spacial score (nSPS) is 12.2. The second kappa shape index (κ2) is 7.05. The van der Waals surface area contributed by atoms with E-state index in [1.165, 1.54) is 6.20 Å². The minimum absolute atomic E-state index is 0.0988. The van der Waals surface area contributed by atoms with Crippen LogP contribution < -0.4 is 4.74 Å². The van der Waals surface area contributed by atoms with Gasteiger partial charge in [-0.3, -0.25) is 0 Å². The molecule has 0 radical (unpaired) electrons. The van der Waals surface area contributed by atoms with Crippen LogP contribution in [-0.4, -0.2) is 25.0 Å². The number of rotatable bonds is 4. The van der Waals surface area contributed by atoms with Gasteiger partial charge in [0, 0.05) is 12.4 Å². The number of benzene rings is 1. The van der Waals surface area contributed by atoms with Gasteiger partial charge in [-0.15, -0.1) is 5.10 Å². The zero-order valence-corrected chi connectivity index (χ0v) is 13.5. The zero-order chi connectivity index (χ0) is 20.5. The molecule has 0 unspecified atom stereocenters. The molecule has 13 heteroatoms. The Morgan fingerprint density at radius 2 is 1.64 bits per heavy atom. The van der Waals surface area contributed by atoms with Crippen molar-refractivity contribution in [2.24, 2.45) is 0 Å². The Balaban J connectivity index is 1.71. The maximum Gasteiger partial charge on any atom is 0.419 e. The van der Waals surface area contributed by atoms with Gasteiger partial charge >= 0.3 is 18.4 Å². The van der Waals surface area contributed by atoms with Gasteiger partial charge in [-0.1, -0.05) is 5.21 Å². The Kier molecular flexibility index (Phi) is 4.91. The van der Waals surface area contributed by atoms with Crippen molar-refractivity contribution in [2.75, 3.05) is 0 Å². The van der Waals surface area contributed by atoms with E-state index in [2.05, 4.69) is 20.3 Å². The fourth-order valence-electron chi connectivity index (χ4n) is 2.04. The van der Waals surface area contributed by atoms with Crippen LogP contribution in [0.15, 0.2) is 36.8 Å². The Hall–Kier alpha value is -3.25. The van der Waals surface area contributed by atoms with Crippen LogP contribution in [0.25, 0.3) is 5.69 Å². The van der Waals surface area contributed by atoms with Crippen molar-refractivity contribution in [3.8, 4) is 11.7 Å². The first kappa shape index (κ1) is 19.5. The average Bonchev–Trinajstić information content (AvgIpc) is 3.08. The first-order valence-corrected chi connectivity index (χ1v) is 7.34. The molecular weight excluding hydrogens is 399 g/mol. The Morgan fingerprint density at radius 1 is 0.964 bits per heavy atom. The van der Waals surface area contributed by atoms with Gasteiger partial charge < -0.3 is 4.74 Å². The lowest BCUT2D eigenvalue weighted by atomic mass is 10.2. The third kappa shape index (κ3) is 4.35. The molecule has 28 heavy (non-hydrogen) atoms. The number of nitrogens with zero attached hydrogens (tertiary/aromatic N) is 5. The van der Waals surface area contributed by atoms with E-state index in [0.717, 1.165) is 10.7 Å². The van der Waals surface area contributed by atoms with Crippen LogP contribution in [0.3, 0.4) is 0 Å². The molecule has 0 bridgehead atoms. The van der Waals surface area contributed by atoms with Crippen molar-refractivity contribution in [2.45, 2.75) is 19.0 Å². The summed E-state index contributed by atoms with van der Waals surface area (Å²) in [6.45, 7) is -0.307. The average molecular weight is 407 g/mol. The maximum atomic E-state index is 13.3. The fourth-order valence-corrected chi connectivity index (χ4v) is 2.04. The van der Waals surface area contributed by atoms with Crippen molar-refractivity contribution < 1.29 is 35.5 Å². The van der Waals surface area contributed by atoms with Gasteiger partial charge in [0.2, 0.25) is 0 Å². The summed E-state index contributed by atoms with van der Waals surface area (Å²) in [5.41, 5.74) is -2.49. The molecule has 0 saturated heterocycles. The van der Waals surface area contributed by atoms with Crippen molar-refractivity contribution in [3.05, 3.63) is 59.4 Å². The predicted molar refractivity (Wildman–Crippen MR) is 77.7 cm³/mol. The quantitative estimate of drug-likeness (QED) is 0.616. The molecular formula is C15H8F7N5O. The molecule has 0 N–H and O–H groups in total. The first-order valence-electron chi connectivity index (χ1n) is 7.34.